The number of phenolic OH excluding ortho intramolecular Hbond substituents is 1. The lowest BCUT2D eigenvalue weighted by Crippen LogP contribution is -2.29. The molecule has 1 amide bonds. The molecule has 7 heteroatoms. The van der Waals surface area contributed by atoms with Crippen molar-refractivity contribution < 1.29 is 14.6 Å². The van der Waals surface area contributed by atoms with Crippen LogP contribution < -0.4 is 4.74 Å². The fourth-order valence-corrected chi connectivity index (χ4v) is 4.37. The van der Waals surface area contributed by atoms with Crippen LogP contribution in [0.2, 0.25) is 0 Å². The molecule has 170 valence electrons. The third kappa shape index (κ3) is 3.81. The van der Waals surface area contributed by atoms with E-state index in [1.807, 2.05) is 55.5 Å². The Hall–Kier alpha value is -4.39. The molecule has 7 nitrogen and oxygen atoms in total. The normalized spacial score (nSPS) is 14.8. The standard InChI is InChI=1S/C27H24N4O3/c1-3-12-34-20-8-4-7-19(14-20)26-23-24(21-13-17(2)9-10-22(21)32)29-30-25(23)27(33)31(26)16-18-6-5-11-28-15-18/h3-11,13-15,26,32H,1,12,16H2,2H3,(H,29,30)/t26-/m0/s1. The molecule has 34 heavy (non-hydrogen) atoms. The van der Waals surface area contributed by atoms with E-state index >= 15 is 0 Å². The van der Waals surface area contributed by atoms with Crippen LogP contribution >= 0.6 is 0 Å². The number of H-pyrrole nitrogens is 1. The van der Waals surface area contributed by atoms with Crippen molar-refractivity contribution in [1.29, 1.82) is 0 Å². The van der Waals surface area contributed by atoms with E-state index < -0.39 is 6.04 Å². The van der Waals surface area contributed by atoms with E-state index in [0.29, 0.717) is 35.9 Å². The van der Waals surface area contributed by atoms with Crippen LogP contribution in [0.4, 0.5) is 0 Å². The lowest BCUT2D eigenvalue weighted by Gasteiger charge is -2.27. The first-order valence-corrected chi connectivity index (χ1v) is 11.0. The molecule has 0 radical (unpaired) electrons. The minimum atomic E-state index is -0.427. The number of nitrogens with zero attached hydrogens (tertiary/aromatic N) is 3. The molecule has 1 aliphatic heterocycles. The van der Waals surface area contributed by atoms with E-state index in [-0.39, 0.29) is 11.7 Å². The second-order valence-electron chi connectivity index (χ2n) is 8.25. The number of ether oxygens (including phenoxy) is 1. The van der Waals surface area contributed by atoms with Crippen molar-refractivity contribution in [2.45, 2.75) is 19.5 Å². The van der Waals surface area contributed by atoms with Gasteiger partial charge in [0.1, 0.15) is 29.5 Å². The Bertz CT molecular complexity index is 1360. The van der Waals surface area contributed by atoms with Crippen LogP contribution in [-0.2, 0) is 6.54 Å². The highest BCUT2D eigenvalue weighted by atomic mass is 16.5. The summed E-state index contributed by atoms with van der Waals surface area (Å²) in [7, 11) is 0. The highest BCUT2D eigenvalue weighted by Gasteiger charge is 2.42. The van der Waals surface area contributed by atoms with E-state index in [4.69, 9.17) is 4.74 Å². The summed E-state index contributed by atoms with van der Waals surface area (Å²) < 4.78 is 5.76. The van der Waals surface area contributed by atoms with Crippen molar-refractivity contribution in [1.82, 2.24) is 20.1 Å². The first-order valence-electron chi connectivity index (χ1n) is 11.0. The smallest absolute Gasteiger partial charge is 0.273 e. The van der Waals surface area contributed by atoms with E-state index in [1.54, 1.807) is 29.4 Å². The number of carbonyl (C=O) groups is 1. The molecule has 0 saturated heterocycles. The minimum absolute atomic E-state index is 0.111. The third-order valence-electron chi connectivity index (χ3n) is 5.89. The van der Waals surface area contributed by atoms with Gasteiger partial charge in [-0.1, -0.05) is 42.5 Å². The predicted molar refractivity (Wildman–Crippen MR) is 129 cm³/mol. The van der Waals surface area contributed by atoms with Crippen molar-refractivity contribution in [3.05, 3.63) is 108 Å². The van der Waals surface area contributed by atoms with Crippen molar-refractivity contribution in [3.63, 3.8) is 0 Å². The average Bonchev–Trinajstić information content (AvgIpc) is 3.39. The fourth-order valence-electron chi connectivity index (χ4n) is 4.37. The summed E-state index contributed by atoms with van der Waals surface area (Å²) in [5, 5.41) is 18.0. The molecule has 1 aliphatic rings. The molecule has 2 aromatic heterocycles. The van der Waals surface area contributed by atoms with Gasteiger partial charge in [-0.25, -0.2) is 0 Å². The molecule has 2 N–H and O–H groups in total. The fraction of sp³-hybridized carbons (Fsp3) is 0.148. The van der Waals surface area contributed by atoms with Crippen LogP contribution in [-0.4, -0.2) is 37.7 Å². The zero-order valence-corrected chi connectivity index (χ0v) is 18.7. The van der Waals surface area contributed by atoms with Gasteiger partial charge in [0, 0.05) is 30.1 Å². The Labute approximate surface area is 197 Å². The van der Waals surface area contributed by atoms with Gasteiger partial charge in [0.2, 0.25) is 0 Å². The van der Waals surface area contributed by atoms with Gasteiger partial charge in [-0.05, 0) is 48.4 Å². The maximum Gasteiger partial charge on any atom is 0.273 e. The molecule has 0 aliphatic carbocycles. The van der Waals surface area contributed by atoms with E-state index in [9.17, 15) is 9.90 Å². The number of aromatic amines is 1. The summed E-state index contributed by atoms with van der Waals surface area (Å²) in [6, 6.07) is 16.4. The van der Waals surface area contributed by atoms with Gasteiger partial charge in [-0.15, -0.1) is 0 Å². The molecule has 0 bridgehead atoms. The quantitative estimate of drug-likeness (QED) is 0.393. The van der Waals surface area contributed by atoms with Gasteiger partial charge >= 0.3 is 0 Å². The van der Waals surface area contributed by atoms with Crippen molar-refractivity contribution in [2.24, 2.45) is 0 Å². The van der Waals surface area contributed by atoms with Crippen LogP contribution in [0.1, 0.15) is 38.8 Å². The lowest BCUT2D eigenvalue weighted by molar-refractivity contribution is 0.0729. The number of rotatable bonds is 7. The number of nitrogens with one attached hydrogen (secondary N) is 1. The number of aromatic nitrogens is 3. The van der Waals surface area contributed by atoms with Crippen LogP contribution in [0, 0.1) is 6.92 Å². The topological polar surface area (TPSA) is 91.3 Å². The SMILES string of the molecule is C=CCOc1cccc([C@H]2c3c(-c4cc(C)ccc4O)n[nH]c3C(=O)N2Cc2cccnc2)c1. The molecule has 0 saturated carbocycles. The van der Waals surface area contributed by atoms with E-state index in [1.165, 1.54) is 0 Å². The van der Waals surface area contributed by atoms with Gasteiger partial charge in [0.25, 0.3) is 5.91 Å². The first kappa shape index (κ1) is 21.5. The van der Waals surface area contributed by atoms with Crippen molar-refractivity contribution in [3.8, 4) is 22.8 Å². The minimum Gasteiger partial charge on any atom is -0.507 e. The monoisotopic (exact) mass is 452 g/mol. The maximum absolute atomic E-state index is 13.6. The number of amides is 1. The second kappa shape index (κ2) is 8.86. The average molecular weight is 453 g/mol. The van der Waals surface area contributed by atoms with Gasteiger partial charge in [0.15, 0.2) is 0 Å². The summed E-state index contributed by atoms with van der Waals surface area (Å²) in [5.74, 6) is 0.634. The van der Waals surface area contributed by atoms with E-state index in [0.717, 1.165) is 22.3 Å². The van der Waals surface area contributed by atoms with Crippen molar-refractivity contribution in [2.75, 3.05) is 6.61 Å². The zero-order chi connectivity index (χ0) is 23.7. The number of carbonyl (C=O) groups excluding carboxylic acids is 1. The van der Waals surface area contributed by atoms with Crippen LogP contribution in [0.3, 0.4) is 0 Å². The van der Waals surface area contributed by atoms with Gasteiger partial charge < -0.3 is 14.7 Å². The number of benzene rings is 2. The Kier molecular flexibility index (Phi) is 5.59. The van der Waals surface area contributed by atoms with E-state index in [2.05, 4.69) is 21.8 Å². The van der Waals surface area contributed by atoms with Gasteiger partial charge in [-0.2, -0.15) is 5.10 Å². The molecule has 0 fully saturated rings. The van der Waals surface area contributed by atoms with Gasteiger partial charge in [-0.3, -0.25) is 14.9 Å². The number of pyridine rings is 1. The second-order valence-corrected chi connectivity index (χ2v) is 8.25. The van der Waals surface area contributed by atoms with Crippen LogP contribution in [0.15, 0.2) is 79.6 Å². The lowest BCUT2D eigenvalue weighted by atomic mass is 9.95. The van der Waals surface area contributed by atoms with Crippen LogP contribution in [0.25, 0.3) is 11.3 Å². The summed E-state index contributed by atoms with van der Waals surface area (Å²) in [6.07, 6.45) is 5.15. The molecule has 4 aromatic rings. The van der Waals surface area contributed by atoms with Gasteiger partial charge in [0.05, 0.1) is 6.04 Å². The number of aromatic hydroxyl groups is 1. The number of hydrogen-bond acceptors (Lipinski definition) is 5. The predicted octanol–water partition coefficient (Wildman–Crippen LogP) is 4.80. The third-order valence-corrected chi connectivity index (χ3v) is 5.89. The Morgan fingerprint density at radius 3 is 2.88 bits per heavy atom. The molecule has 2 aromatic carbocycles. The highest BCUT2D eigenvalue weighted by Crippen LogP contribution is 2.45. The Morgan fingerprint density at radius 2 is 2.09 bits per heavy atom. The first-order chi connectivity index (χ1) is 16.6. The molecule has 1 atom stereocenters. The molecule has 0 unspecified atom stereocenters. The summed E-state index contributed by atoms with van der Waals surface area (Å²) in [6.45, 7) is 6.41. The van der Waals surface area contributed by atoms with Crippen LogP contribution in [0.5, 0.6) is 11.5 Å². The Balaban J connectivity index is 1.66. The van der Waals surface area contributed by atoms with Crippen molar-refractivity contribution >= 4 is 5.91 Å². The molecular weight excluding hydrogens is 428 g/mol. The highest BCUT2D eigenvalue weighted by molar-refractivity contribution is 6.00. The largest absolute Gasteiger partial charge is 0.507 e. The molecule has 3 heterocycles. The zero-order valence-electron chi connectivity index (χ0n) is 18.7. The molecular formula is C27H24N4O3. The summed E-state index contributed by atoms with van der Waals surface area (Å²) in [5.41, 5.74) is 5.07. The number of phenols is 1. The Morgan fingerprint density at radius 1 is 1.21 bits per heavy atom. The maximum atomic E-state index is 13.6. The molecule has 0 spiro atoms. The molecule has 5 rings (SSSR count). The number of aryl methyl sites for hydroxylation is 1. The summed E-state index contributed by atoms with van der Waals surface area (Å²) >= 11 is 0. The number of hydrogen-bond donors (Lipinski definition) is 2. The summed E-state index contributed by atoms with van der Waals surface area (Å²) in [4.78, 5) is 19.6. The number of fused-ring (bicyclic) bond motifs is 1.